The van der Waals surface area contributed by atoms with Crippen molar-refractivity contribution in [3.63, 3.8) is 0 Å². The molecular formula is C40H47ClN14O4. The number of nitrogens with one attached hydrogen (secondary N) is 2. The third-order valence-corrected chi connectivity index (χ3v) is 9.73. The quantitative estimate of drug-likeness (QED) is 0.0735. The van der Waals surface area contributed by atoms with Gasteiger partial charge >= 0.3 is 0 Å². The molecule has 18 nitrogen and oxygen atoms in total. The highest BCUT2D eigenvalue weighted by Gasteiger charge is 2.22. The van der Waals surface area contributed by atoms with Gasteiger partial charge in [0.05, 0.1) is 29.1 Å². The standard InChI is InChI=1S/C40H46N14O4.ClH/c1-6-53-30(16-23(3)49-53)36-44-22-28-27-18-25(34(41)55)20-32(58-15-11-8-12-43-5)33(27)51(37(28)47-36)13-9-10-14-52-38-29(19-26(21-45-38)35(42)56)46-40(52)48-39(57)31-17-24(4)50-54(31)7-2;/h9-10,16-22,43H,6-8,11-15H2,1-5H3,(H2,41,55)(H2,42,56)(H,46,48,57);1H/b10-9+;. The fourth-order valence-electron chi connectivity index (χ4n) is 6.98. The maximum atomic E-state index is 13.5. The number of benzene rings is 1. The largest absolute Gasteiger partial charge is 0.491 e. The third-order valence-electron chi connectivity index (χ3n) is 9.73. The van der Waals surface area contributed by atoms with Crippen LogP contribution in [0.3, 0.4) is 0 Å². The van der Waals surface area contributed by atoms with Crippen molar-refractivity contribution in [2.24, 2.45) is 11.5 Å². The monoisotopic (exact) mass is 822 g/mol. The molecule has 7 rings (SSSR count). The molecule has 0 aliphatic carbocycles. The Balaban J connectivity index is 0.00000585. The first kappa shape index (κ1) is 42.0. The highest BCUT2D eigenvalue weighted by molar-refractivity contribution is 6.12. The van der Waals surface area contributed by atoms with E-state index in [1.165, 1.54) is 6.20 Å². The van der Waals surface area contributed by atoms with E-state index in [4.69, 9.17) is 26.2 Å². The van der Waals surface area contributed by atoms with Crippen LogP contribution in [0.15, 0.2) is 54.9 Å². The number of primary amides is 2. The lowest BCUT2D eigenvalue weighted by molar-refractivity contribution is 0.0991. The van der Waals surface area contributed by atoms with Crippen molar-refractivity contribution in [2.75, 3.05) is 25.5 Å². The number of hydrogen-bond donors (Lipinski definition) is 4. The summed E-state index contributed by atoms with van der Waals surface area (Å²) in [5, 5.41) is 16.5. The van der Waals surface area contributed by atoms with E-state index in [9.17, 15) is 14.4 Å². The van der Waals surface area contributed by atoms with E-state index in [1.54, 1.807) is 39.7 Å². The van der Waals surface area contributed by atoms with Crippen LogP contribution in [-0.4, -0.2) is 86.6 Å². The van der Waals surface area contributed by atoms with E-state index < -0.39 is 17.7 Å². The van der Waals surface area contributed by atoms with Crippen molar-refractivity contribution in [1.29, 1.82) is 0 Å². The van der Waals surface area contributed by atoms with E-state index in [0.717, 1.165) is 47.1 Å². The molecule has 0 saturated heterocycles. The summed E-state index contributed by atoms with van der Waals surface area (Å²) in [5.41, 5.74) is 16.8. The van der Waals surface area contributed by atoms with Crippen molar-refractivity contribution in [3.8, 4) is 17.3 Å². The SMILES string of the molecule is CCn1nc(C)cc1C(=O)Nc1nc2cc(C(N)=O)cnc2n1C/C=C/Cn1c2nc(-c3cc(C)nn3CC)ncc2c2cc(C(N)=O)cc(OCCCCNC)c21.Cl. The highest BCUT2D eigenvalue weighted by Crippen LogP contribution is 2.36. The van der Waals surface area contributed by atoms with Gasteiger partial charge in [-0.25, -0.2) is 19.9 Å². The van der Waals surface area contributed by atoms with Crippen molar-refractivity contribution < 1.29 is 19.1 Å². The van der Waals surface area contributed by atoms with Gasteiger partial charge in [0.15, 0.2) is 11.5 Å². The van der Waals surface area contributed by atoms with Crippen molar-refractivity contribution >= 4 is 69.2 Å². The smallest absolute Gasteiger partial charge is 0.276 e. The molecule has 6 aromatic heterocycles. The van der Waals surface area contributed by atoms with Crippen LogP contribution in [-0.2, 0) is 26.2 Å². The van der Waals surface area contributed by atoms with Crippen LogP contribution in [0.1, 0.15) is 69.3 Å². The first-order valence-corrected chi connectivity index (χ1v) is 19.1. The summed E-state index contributed by atoms with van der Waals surface area (Å²) in [4.78, 5) is 57.1. The number of carbonyl (C=O) groups excluding carboxylic acids is 3. The van der Waals surface area contributed by atoms with Gasteiger partial charge in [-0.05, 0) is 84.5 Å². The number of anilines is 1. The Morgan fingerprint density at radius 2 is 1.51 bits per heavy atom. The summed E-state index contributed by atoms with van der Waals surface area (Å²) in [5.74, 6) is -0.395. The molecule has 19 heteroatoms. The van der Waals surface area contributed by atoms with E-state index in [2.05, 4.69) is 30.8 Å². The van der Waals surface area contributed by atoms with Gasteiger partial charge < -0.3 is 26.1 Å². The molecule has 3 amide bonds. The molecule has 0 fully saturated rings. The Bertz CT molecular complexity index is 2730. The zero-order chi connectivity index (χ0) is 41.1. The number of ether oxygens (including phenoxy) is 1. The molecule has 6 N–H and O–H groups in total. The Kier molecular flexibility index (Phi) is 12.7. The number of aromatic nitrogens is 10. The van der Waals surface area contributed by atoms with Crippen LogP contribution in [0.5, 0.6) is 5.75 Å². The molecule has 0 spiro atoms. The van der Waals surface area contributed by atoms with Gasteiger partial charge in [0.2, 0.25) is 17.8 Å². The first-order valence-electron chi connectivity index (χ1n) is 19.1. The molecule has 0 aliphatic rings. The van der Waals surface area contributed by atoms with Crippen molar-refractivity contribution in [2.45, 2.75) is 66.7 Å². The van der Waals surface area contributed by atoms with Crippen molar-refractivity contribution in [3.05, 3.63) is 83.1 Å². The summed E-state index contributed by atoms with van der Waals surface area (Å²) in [6.45, 7) is 10.6. The molecule has 7 aromatic rings. The number of hydrogen-bond acceptors (Lipinski definition) is 11. The number of pyridine rings is 1. The lowest BCUT2D eigenvalue weighted by Gasteiger charge is -2.12. The second kappa shape index (κ2) is 17.9. The molecule has 0 radical (unpaired) electrons. The van der Waals surface area contributed by atoms with Crippen LogP contribution in [0.4, 0.5) is 5.95 Å². The minimum Gasteiger partial charge on any atom is -0.491 e. The molecule has 59 heavy (non-hydrogen) atoms. The number of fused-ring (bicyclic) bond motifs is 4. The summed E-state index contributed by atoms with van der Waals surface area (Å²) in [7, 11) is 1.91. The van der Waals surface area contributed by atoms with E-state index in [0.29, 0.717) is 71.6 Å². The molecule has 0 bridgehead atoms. The number of amides is 3. The number of aryl methyl sites for hydroxylation is 4. The lowest BCUT2D eigenvalue weighted by Crippen LogP contribution is -2.20. The van der Waals surface area contributed by atoms with Crippen molar-refractivity contribution in [1.82, 2.24) is 53.9 Å². The summed E-state index contributed by atoms with van der Waals surface area (Å²) >= 11 is 0. The Morgan fingerprint density at radius 3 is 2.22 bits per heavy atom. The summed E-state index contributed by atoms with van der Waals surface area (Å²) < 4.78 is 13.6. The fourth-order valence-corrected chi connectivity index (χ4v) is 6.98. The molecule has 0 aliphatic heterocycles. The number of carbonyl (C=O) groups is 3. The molecular weight excluding hydrogens is 776 g/mol. The second-order valence-electron chi connectivity index (χ2n) is 13.8. The van der Waals surface area contributed by atoms with Gasteiger partial charge in [-0.2, -0.15) is 10.2 Å². The minimum absolute atomic E-state index is 0. The summed E-state index contributed by atoms with van der Waals surface area (Å²) in [6, 6.07) is 8.63. The number of nitrogens with zero attached hydrogens (tertiary/aromatic N) is 10. The number of halogens is 1. The number of allylic oxidation sites excluding steroid dienone is 2. The average molecular weight is 823 g/mol. The van der Waals surface area contributed by atoms with Crippen LogP contribution in [0, 0.1) is 13.8 Å². The predicted molar refractivity (Wildman–Crippen MR) is 227 cm³/mol. The highest BCUT2D eigenvalue weighted by atomic mass is 35.5. The molecule has 1 aromatic carbocycles. The topological polar surface area (TPSA) is 234 Å². The maximum Gasteiger partial charge on any atom is 0.276 e. The van der Waals surface area contributed by atoms with E-state index in [-0.39, 0.29) is 30.5 Å². The van der Waals surface area contributed by atoms with E-state index in [1.807, 2.05) is 62.2 Å². The molecule has 0 unspecified atom stereocenters. The Hall–Kier alpha value is -6.66. The Morgan fingerprint density at radius 1 is 0.797 bits per heavy atom. The molecule has 0 atom stereocenters. The molecule has 6 heterocycles. The van der Waals surface area contributed by atoms with Gasteiger partial charge in [0.1, 0.15) is 28.3 Å². The van der Waals surface area contributed by atoms with E-state index >= 15 is 0 Å². The average Bonchev–Trinajstić information content (AvgIpc) is 3.96. The zero-order valence-electron chi connectivity index (χ0n) is 33.5. The summed E-state index contributed by atoms with van der Waals surface area (Å²) in [6.07, 6.45) is 8.73. The van der Waals surface area contributed by atoms with Gasteiger partial charge in [-0.15, -0.1) is 12.4 Å². The third kappa shape index (κ3) is 8.49. The normalized spacial score (nSPS) is 11.5. The first-order chi connectivity index (χ1) is 28.0. The van der Waals surface area contributed by atoms with Gasteiger partial charge in [-0.1, -0.05) is 12.2 Å². The van der Waals surface area contributed by atoms with Crippen LogP contribution < -0.4 is 26.8 Å². The second-order valence-corrected chi connectivity index (χ2v) is 13.8. The predicted octanol–water partition coefficient (Wildman–Crippen LogP) is 4.55. The fraction of sp³-hybridized carbons (Fsp3) is 0.325. The number of unbranched alkanes of at least 4 members (excludes halogenated alkanes) is 1. The van der Waals surface area contributed by atoms with Crippen LogP contribution in [0.25, 0.3) is 44.6 Å². The number of imidazole rings is 1. The van der Waals surface area contributed by atoms with Crippen LogP contribution in [0.2, 0.25) is 0 Å². The Labute approximate surface area is 345 Å². The van der Waals surface area contributed by atoms with Gasteiger partial charge in [-0.3, -0.25) is 33.6 Å². The lowest BCUT2D eigenvalue weighted by atomic mass is 10.1. The maximum absolute atomic E-state index is 13.5. The number of nitrogens with two attached hydrogens (primary N) is 2. The zero-order valence-corrected chi connectivity index (χ0v) is 34.3. The van der Waals surface area contributed by atoms with Gasteiger partial charge in [0, 0.05) is 54.9 Å². The molecule has 0 saturated carbocycles. The number of rotatable bonds is 17. The van der Waals surface area contributed by atoms with Gasteiger partial charge in [0.25, 0.3) is 5.91 Å². The minimum atomic E-state index is -0.645. The van der Waals surface area contributed by atoms with Crippen LogP contribution >= 0.6 is 12.4 Å². The molecule has 308 valence electrons.